The topological polar surface area (TPSA) is 40.6 Å². The van der Waals surface area contributed by atoms with Gasteiger partial charge in [-0.3, -0.25) is 4.57 Å². The van der Waals surface area contributed by atoms with Crippen LogP contribution in [0.1, 0.15) is 0 Å². The third-order valence-electron chi connectivity index (χ3n) is 13.8. The number of rotatable bonds is 7. The van der Waals surface area contributed by atoms with Crippen molar-refractivity contribution < 1.29 is 0 Å². The highest BCUT2D eigenvalue weighted by molar-refractivity contribution is 6.14. The molecule has 0 unspecified atom stereocenters. The lowest BCUT2D eigenvalue weighted by Crippen LogP contribution is -2.14. The van der Waals surface area contributed by atoms with Crippen LogP contribution in [0.3, 0.4) is 0 Å². The van der Waals surface area contributed by atoms with Gasteiger partial charge in [0, 0.05) is 43.4 Å². The number of para-hydroxylation sites is 6. The van der Waals surface area contributed by atoms with Gasteiger partial charge >= 0.3 is 0 Å². The van der Waals surface area contributed by atoms with Crippen LogP contribution in [-0.2, 0) is 0 Å². The van der Waals surface area contributed by atoms with E-state index in [1.165, 1.54) is 10.8 Å². The molecule has 14 rings (SSSR count). The first kappa shape index (κ1) is 38.9. The van der Waals surface area contributed by atoms with E-state index in [9.17, 15) is 0 Å². The summed E-state index contributed by atoms with van der Waals surface area (Å²) < 4.78 is 7.33. The smallest absolute Gasteiger partial charge is 0.163 e. The van der Waals surface area contributed by atoms with E-state index in [0.29, 0.717) is 0 Å². The Morgan fingerprint density at radius 1 is 0.246 bits per heavy atom. The van der Waals surface area contributed by atoms with Gasteiger partial charge in [-0.1, -0.05) is 200 Å². The Morgan fingerprint density at radius 2 is 0.580 bits per heavy atom. The average Bonchev–Trinajstić information content (AvgIpc) is 4.07. The van der Waals surface area contributed by atoms with Gasteiger partial charge in [0.15, 0.2) is 5.82 Å². The fourth-order valence-electron chi connectivity index (χ4n) is 10.9. The molecule has 0 amide bonds. The van der Waals surface area contributed by atoms with Crippen LogP contribution in [0.5, 0.6) is 0 Å². The van der Waals surface area contributed by atoms with Crippen molar-refractivity contribution in [2.75, 3.05) is 0 Å². The molecule has 0 N–H and O–H groups in total. The molecule has 14 aromatic rings. The second-order valence-corrected chi connectivity index (χ2v) is 17.7. The molecular weight excluding hydrogens is 839 g/mol. The van der Waals surface area contributed by atoms with Crippen molar-refractivity contribution >= 4 is 65.4 Å². The summed E-state index contributed by atoms with van der Waals surface area (Å²) in [5.74, 6) is 0.797. The summed E-state index contributed by atoms with van der Waals surface area (Å²) in [6.07, 6.45) is 0. The van der Waals surface area contributed by atoms with Gasteiger partial charge in [-0.15, -0.1) is 0 Å². The van der Waals surface area contributed by atoms with E-state index in [0.717, 1.165) is 117 Å². The Balaban J connectivity index is 1.30. The van der Waals surface area contributed by atoms with E-state index in [1.54, 1.807) is 0 Å². The number of hydrogen-bond acceptors (Lipinski definition) is 2. The van der Waals surface area contributed by atoms with Crippen molar-refractivity contribution in [2.24, 2.45) is 0 Å². The summed E-state index contributed by atoms with van der Waals surface area (Å²) in [7, 11) is 0. The zero-order valence-electron chi connectivity index (χ0n) is 37.4. The Morgan fingerprint density at radius 3 is 1.01 bits per heavy atom. The summed E-state index contributed by atoms with van der Waals surface area (Å²) in [5.41, 5.74) is 16.0. The van der Waals surface area contributed by atoms with Crippen LogP contribution in [0, 0.1) is 0 Å². The van der Waals surface area contributed by atoms with Gasteiger partial charge in [0.05, 0.1) is 61.4 Å². The lowest BCUT2D eigenvalue weighted by molar-refractivity contribution is 1.01. The number of nitrogens with zero attached hydrogens (tertiary/aromatic N) is 5. The zero-order chi connectivity index (χ0) is 45.4. The number of fused-ring (bicyclic) bond motifs is 9. The van der Waals surface area contributed by atoms with E-state index in [2.05, 4.69) is 262 Å². The maximum absolute atomic E-state index is 6.17. The second-order valence-electron chi connectivity index (χ2n) is 17.7. The molecule has 5 heterocycles. The Bertz CT molecular complexity index is 4080. The highest BCUT2D eigenvalue weighted by Gasteiger charge is 2.32. The largest absolute Gasteiger partial charge is 0.306 e. The predicted octanol–water partition coefficient (Wildman–Crippen LogP) is 16.4. The van der Waals surface area contributed by atoms with Crippen molar-refractivity contribution in [3.8, 4) is 62.1 Å². The van der Waals surface area contributed by atoms with Crippen LogP contribution in [0.25, 0.3) is 128 Å². The van der Waals surface area contributed by atoms with Gasteiger partial charge in [-0.25, -0.2) is 9.97 Å². The van der Waals surface area contributed by atoms with Gasteiger partial charge in [0.25, 0.3) is 0 Å². The van der Waals surface area contributed by atoms with Crippen LogP contribution in [0.15, 0.2) is 249 Å². The van der Waals surface area contributed by atoms with Crippen molar-refractivity contribution in [2.45, 2.75) is 0 Å². The van der Waals surface area contributed by atoms with Crippen molar-refractivity contribution in [3.05, 3.63) is 249 Å². The second kappa shape index (κ2) is 15.7. The Hall–Kier alpha value is -9.32. The maximum atomic E-state index is 6.17. The normalized spacial score (nSPS) is 11.8. The van der Waals surface area contributed by atoms with E-state index in [4.69, 9.17) is 9.97 Å². The first-order valence-electron chi connectivity index (χ1n) is 23.5. The molecule has 5 aromatic heterocycles. The molecule has 5 nitrogen and oxygen atoms in total. The first-order chi connectivity index (χ1) is 34.3. The molecule has 0 aliphatic heterocycles. The van der Waals surface area contributed by atoms with Crippen LogP contribution < -0.4 is 0 Å². The van der Waals surface area contributed by atoms with E-state index < -0.39 is 0 Å². The monoisotopic (exact) mass is 879 g/mol. The molecule has 5 heteroatoms. The quantitative estimate of drug-likeness (QED) is 0.160. The number of pyridine rings is 2. The lowest BCUT2D eigenvalue weighted by atomic mass is 9.96. The van der Waals surface area contributed by atoms with Gasteiger partial charge < -0.3 is 9.13 Å². The van der Waals surface area contributed by atoms with Gasteiger partial charge in [0.2, 0.25) is 0 Å². The molecule has 0 aliphatic rings. The molecule has 0 aliphatic carbocycles. The summed E-state index contributed by atoms with van der Waals surface area (Å²) in [4.78, 5) is 12.0. The minimum atomic E-state index is 0.797. The summed E-state index contributed by atoms with van der Waals surface area (Å²) in [6.45, 7) is 0. The standard InChI is InChI=1S/C64H41N5/c1-4-22-42(23-5-1)45-40-52(43-24-6-2-7-25-43)65-53(41-45)60-62(67-54-34-16-10-28-46(54)47-29-11-17-35-55(47)67)61(44-26-8-3-9-27-44)66-64(69-58-38-20-14-32-50(58)51-33-15-21-39-59(51)69)63(60)68-56-36-18-12-30-48(56)49-31-13-19-37-57(49)68/h1-41H. The van der Waals surface area contributed by atoms with E-state index >= 15 is 0 Å². The molecule has 0 spiro atoms. The SMILES string of the molecule is c1ccc(-c2cc(-c3ccccc3)nc(-c3c(-n4c5ccccc5c5ccccc54)c(-c4ccccc4)nc(-n4c5ccccc5c5ccccc54)c3-n3c4ccccc4c4ccccc43)c2)cc1. The minimum absolute atomic E-state index is 0.797. The molecular formula is C64H41N5. The molecule has 0 saturated carbocycles. The lowest BCUT2D eigenvalue weighted by Gasteiger charge is -2.26. The number of hydrogen-bond donors (Lipinski definition) is 0. The molecule has 322 valence electrons. The summed E-state index contributed by atoms with van der Waals surface area (Å²) in [6, 6.07) is 89.2. The van der Waals surface area contributed by atoms with Crippen LogP contribution in [0.2, 0.25) is 0 Å². The zero-order valence-corrected chi connectivity index (χ0v) is 37.4. The van der Waals surface area contributed by atoms with Crippen molar-refractivity contribution in [1.82, 2.24) is 23.7 Å². The molecule has 0 bridgehead atoms. The Labute approximate surface area is 398 Å². The third-order valence-corrected chi connectivity index (χ3v) is 13.8. The summed E-state index contributed by atoms with van der Waals surface area (Å²) >= 11 is 0. The highest BCUT2D eigenvalue weighted by atomic mass is 15.1. The van der Waals surface area contributed by atoms with Gasteiger partial charge in [0.1, 0.15) is 5.69 Å². The highest BCUT2D eigenvalue weighted by Crippen LogP contribution is 2.49. The van der Waals surface area contributed by atoms with Crippen LogP contribution in [-0.4, -0.2) is 23.7 Å². The maximum Gasteiger partial charge on any atom is 0.163 e. The molecule has 0 atom stereocenters. The van der Waals surface area contributed by atoms with E-state index in [-0.39, 0.29) is 0 Å². The minimum Gasteiger partial charge on any atom is -0.306 e. The van der Waals surface area contributed by atoms with Gasteiger partial charge in [-0.05, 0) is 59.7 Å². The van der Waals surface area contributed by atoms with Crippen LogP contribution >= 0.6 is 0 Å². The number of benzene rings is 9. The Kier molecular flexibility index (Phi) is 8.83. The third kappa shape index (κ3) is 6.04. The summed E-state index contributed by atoms with van der Waals surface area (Å²) in [5, 5.41) is 6.97. The molecule has 0 fully saturated rings. The van der Waals surface area contributed by atoms with Gasteiger partial charge in [-0.2, -0.15) is 0 Å². The molecule has 9 aromatic carbocycles. The fourth-order valence-corrected chi connectivity index (χ4v) is 10.9. The van der Waals surface area contributed by atoms with Crippen molar-refractivity contribution in [1.29, 1.82) is 0 Å². The molecule has 69 heavy (non-hydrogen) atoms. The van der Waals surface area contributed by atoms with E-state index in [1.807, 2.05) is 0 Å². The fraction of sp³-hybridized carbons (Fsp3) is 0. The predicted molar refractivity (Wildman–Crippen MR) is 287 cm³/mol. The molecule has 0 saturated heterocycles. The van der Waals surface area contributed by atoms with Crippen LogP contribution in [0.4, 0.5) is 0 Å². The van der Waals surface area contributed by atoms with Crippen molar-refractivity contribution in [3.63, 3.8) is 0 Å². The molecule has 0 radical (unpaired) electrons. The first-order valence-corrected chi connectivity index (χ1v) is 23.5. The number of aromatic nitrogens is 5. The average molecular weight is 880 g/mol.